The van der Waals surface area contributed by atoms with Gasteiger partial charge in [0, 0.05) is 11.5 Å². The lowest BCUT2D eigenvalue weighted by Crippen LogP contribution is -1.90. The number of aliphatic hydroxyl groups is 1. The Morgan fingerprint density at radius 2 is 2.08 bits per heavy atom. The first-order valence-corrected chi connectivity index (χ1v) is 4.21. The van der Waals surface area contributed by atoms with Crippen LogP contribution in [0.5, 0.6) is 0 Å². The van der Waals surface area contributed by atoms with Crippen molar-refractivity contribution < 1.29 is 5.11 Å². The Morgan fingerprint density at radius 3 is 2.75 bits per heavy atom. The summed E-state index contributed by atoms with van der Waals surface area (Å²) in [5.74, 6) is 0.801. The topological polar surface area (TPSA) is 20.2 Å². The normalized spacial score (nSPS) is 20.5. The number of hydrogen-bond acceptors (Lipinski definition) is 1. The van der Waals surface area contributed by atoms with Crippen molar-refractivity contribution in [2.45, 2.75) is 19.8 Å². The van der Waals surface area contributed by atoms with Crippen molar-refractivity contribution >= 4 is 5.76 Å². The van der Waals surface area contributed by atoms with Crippen LogP contribution in [0.4, 0.5) is 0 Å². The van der Waals surface area contributed by atoms with Crippen molar-refractivity contribution in [1.29, 1.82) is 0 Å². The molecular weight excluding hydrogens is 148 g/mol. The minimum Gasteiger partial charge on any atom is -0.508 e. The molecule has 62 valence electrons. The number of aliphatic hydroxyl groups excluding tert-OH is 1. The number of fused-ring (bicyclic) bond motifs is 1. The van der Waals surface area contributed by atoms with Crippen LogP contribution in [0.15, 0.2) is 24.3 Å². The third-order valence-electron chi connectivity index (χ3n) is 2.46. The number of hydrogen-bond donors (Lipinski definition) is 1. The van der Waals surface area contributed by atoms with Crippen molar-refractivity contribution in [3.05, 3.63) is 41.0 Å². The van der Waals surface area contributed by atoms with Crippen LogP contribution < -0.4 is 0 Å². The van der Waals surface area contributed by atoms with Crippen LogP contribution in [0.3, 0.4) is 0 Å². The Morgan fingerprint density at radius 1 is 1.33 bits per heavy atom. The molecule has 2 rings (SSSR count). The molecule has 0 spiro atoms. The highest BCUT2D eigenvalue weighted by atomic mass is 16.3. The lowest BCUT2D eigenvalue weighted by Gasteiger charge is -2.06. The molecule has 0 saturated carbocycles. The summed E-state index contributed by atoms with van der Waals surface area (Å²) >= 11 is 0. The van der Waals surface area contributed by atoms with E-state index in [2.05, 4.69) is 13.0 Å². The van der Waals surface area contributed by atoms with E-state index in [1.165, 1.54) is 5.56 Å². The fraction of sp³-hybridized carbons (Fsp3) is 0.273. The summed E-state index contributed by atoms with van der Waals surface area (Å²) in [4.78, 5) is 0. The van der Waals surface area contributed by atoms with E-state index in [1.54, 1.807) is 0 Å². The number of rotatable bonds is 0. The van der Waals surface area contributed by atoms with Crippen LogP contribution in [0.2, 0.25) is 0 Å². The summed E-state index contributed by atoms with van der Waals surface area (Å²) in [6.45, 7) is 4.13. The molecule has 1 atom stereocenters. The van der Waals surface area contributed by atoms with Gasteiger partial charge in [0.2, 0.25) is 0 Å². The van der Waals surface area contributed by atoms with E-state index in [0.29, 0.717) is 11.7 Å². The number of aryl methyl sites for hydroxylation is 1. The molecule has 1 aliphatic carbocycles. The Hall–Kier alpha value is -1.24. The molecule has 1 aromatic rings. The van der Waals surface area contributed by atoms with Gasteiger partial charge in [-0.1, -0.05) is 25.1 Å². The second kappa shape index (κ2) is 2.37. The van der Waals surface area contributed by atoms with Crippen LogP contribution in [-0.4, -0.2) is 5.11 Å². The smallest absolute Gasteiger partial charge is 0.119 e. The maximum atomic E-state index is 9.59. The van der Waals surface area contributed by atoms with Crippen LogP contribution in [0.1, 0.15) is 29.5 Å². The van der Waals surface area contributed by atoms with Gasteiger partial charge in [-0.15, -0.1) is 0 Å². The summed E-state index contributed by atoms with van der Waals surface area (Å²) in [6.07, 6.45) is 1.90. The lowest BCUT2D eigenvalue weighted by molar-refractivity contribution is 0.512. The fourth-order valence-electron chi connectivity index (χ4n) is 1.83. The van der Waals surface area contributed by atoms with E-state index >= 15 is 0 Å². The number of benzene rings is 1. The van der Waals surface area contributed by atoms with E-state index in [4.69, 9.17) is 0 Å². The standard InChI is InChI=1S/C11H12O/c1-7-4-3-5-9-8(2)6-10(12)11(7)9/h3-6,8,12H,1-2H3/t8-/m0/s1. The summed E-state index contributed by atoms with van der Waals surface area (Å²) in [6, 6.07) is 6.14. The van der Waals surface area contributed by atoms with E-state index in [1.807, 2.05) is 25.1 Å². The van der Waals surface area contributed by atoms with E-state index in [-0.39, 0.29) is 0 Å². The molecule has 0 unspecified atom stereocenters. The maximum Gasteiger partial charge on any atom is 0.119 e. The molecule has 1 N–H and O–H groups in total. The summed E-state index contributed by atoms with van der Waals surface area (Å²) in [5, 5.41) is 9.59. The van der Waals surface area contributed by atoms with E-state index < -0.39 is 0 Å². The Labute approximate surface area is 72.4 Å². The predicted molar refractivity (Wildman–Crippen MR) is 50.2 cm³/mol. The van der Waals surface area contributed by atoms with Gasteiger partial charge in [0.25, 0.3) is 0 Å². The quantitative estimate of drug-likeness (QED) is 0.618. The van der Waals surface area contributed by atoms with Gasteiger partial charge in [-0.25, -0.2) is 0 Å². The second-order valence-electron chi connectivity index (χ2n) is 3.38. The van der Waals surface area contributed by atoms with Gasteiger partial charge in [0.15, 0.2) is 0 Å². The first-order valence-electron chi connectivity index (χ1n) is 4.21. The lowest BCUT2D eigenvalue weighted by atomic mass is 9.99. The third kappa shape index (κ3) is 0.860. The molecular formula is C11H12O. The van der Waals surface area contributed by atoms with Crippen molar-refractivity contribution in [3.8, 4) is 0 Å². The van der Waals surface area contributed by atoms with Gasteiger partial charge in [0.1, 0.15) is 5.76 Å². The molecule has 0 amide bonds. The van der Waals surface area contributed by atoms with Crippen molar-refractivity contribution in [1.82, 2.24) is 0 Å². The summed E-state index contributed by atoms with van der Waals surface area (Å²) in [5.41, 5.74) is 3.43. The Kier molecular flexibility index (Phi) is 1.47. The second-order valence-corrected chi connectivity index (χ2v) is 3.38. The van der Waals surface area contributed by atoms with E-state index in [9.17, 15) is 5.11 Å². The van der Waals surface area contributed by atoms with E-state index in [0.717, 1.165) is 11.1 Å². The Bertz CT molecular complexity index is 350. The van der Waals surface area contributed by atoms with Crippen LogP contribution in [0, 0.1) is 6.92 Å². The molecule has 0 saturated heterocycles. The highest BCUT2D eigenvalue weighted by Crippen LogP contribution is 2.35. The summed E-state index contributed by atoms with van der Waals surface area (Å²) < 4.78 is 0. The molecule has 1 heteroatoms. The molecule has 12 heavy (non-hydrogen) atoms. The first kappa shape index (κ1) is 7.41. The molecule has 1 nitrogen and oxygen atoms in total. The zero-order valence-electron chi connectivity index (χ0n) is 7.33. The molecule has 0 heterocycles. The SMILES string of the molecule is Cc1cccc2c1C(O)=C[C@@H]2C. The third-order valence-corrected chi connectivity index (χ3v) is 2.46. The van der Waals surface area contributed by atoms with Gasteiger partial charge < -0.3 is 5.11 Å². The van der Waals surface area contributed by atoms with Gasteiger partial charge >= 0.3 is 0 Å². The molecule has 0 radical (unpaired) electrons. The molecule has 0 aliphatic heterocycles. The van der Waals surface area contributed by atoms with Crippen LogP contribution >= 0.6 is 0 Å². The molecule has 0 bridgehead atoms. The van der Waals surface area contributed by atoms with Crippen molar-refractivity contribution in [2.24, 2.45) is 0 Å². The highest BCUT2D eigenvalue weighted by Gasteiger charge is 2.20. The molecule has 1 aliphatic rings. The van der Waals surface area contributed by atoms with Crippen molar-refractivity contribution in [3.63, 3.8) is 0 Å². The largest absolute Gasteiger partial charge is 0.508 e. The van der Waals surface area contributed by atoms with Crippen LogP contribution in [0.25, 0.3) is 5.76 Å². The molecule has 0 aromatic heterocycles. The van der Waals surface area contributed by atoms with Gasteiger partial charge in [0.05, 0.1) is 0 Å². The van der Waals surface area contributed by atoms with Crippen molar-refractivity contribution in [2.75, 3.05) is 0 Å². The average Bonchev–Trinajstić information content (AvgIpc) is 2.29. The van der Waals surface area contributed by atoms with Crippen LogP contribution in [-0.2, 0) is 0 Å². The predicted octanol–water partition coefficient (Wildman–Crippen LogP) is 3.01. The molecule has 0 fully saturated rings. The minimum atomic E-state index is 0.361. The van der Waals surface area contributed by atoms with Gasteiger partial charge in [-0.05, 0) is 24.1 Å². The Balaban J connectivity index is 2.68. The van der Waals surface area contributed by atoms with Gasteiger partial charge in [-0.3, -0.25) is 0 Å². The average molecular weight is 160 g/mol. The fourth-order valence-corrected chi connectivity index (χ4v) is 1.83. The monoisotopic (exact) mass is 160 g/mol. The summed E-state index contributed by atoms with van der Waals surface area (Å²) in [7, 11) is 0. The highest BCUT2D eigenvalue weighted by molar-refractivity contribution is 5.71. The molecule has 1 aromatic carbocycles. The minimum absolute atomic E-state index is 0.361. The maximum absolute atomic E-state index is 9.59. The first-order chi connectivity index (χ1) is 5.70. The zero-order chi connectivity index (χ0) is 8.72. The van der Waals surface area contributed by atoms with Gasteiger partial charge in [-0.2, -0.15) is 0 Å². The zero-order valence-corrected chi connectivity index (χ0v) is 7.33. The number of allylic oxidation sites excluding steroid dienone is 1.